The number of rotatable bonds is 3. The van der Waals surface area contributed by atoms with Gasteiger partial charge < -0.3 is 4.52 Å². The quantitative estimate of drug-likeness (QED) is 0.703. The summed E-state index contributed by atoms with van der Waals surface area (Å²) >= 11 is 5.64. The van der Waals surface area contributed by atoms with Crippen LogP contribution >= 0.6 is 11.6 Å². The van der Waals surface area contributed by atoms with Crippen LogP contribution in [0.4, 0.5) is 13.2 Å². The van der Waals surface area contributed by atoms with Gasteiger partial charge in [0.25, 0.3) is 5.56 Å². The Kier molecular flexibility index (Phi) is 4.29. The highest BCUT2D eigenvalue weighted by atomic mass is 35.5. The number of aromatic nitrogens is 5. The summed E-state index contributed by atoms with van der Waals surface area (Å²) in [6, 6.07) is 4.07. The van der Waals surface area contributed by atoms with Crippen molar-refractivity contribution < 1.29 is 17.7 Å². The first-order chi connectivity index (χ1) is 11.8. The molecule has 0 unspecified atom stereocenters. The van der Waals surface area contributed by atoms with Crippen LogP contribution < -0.4 is 5.56 Å². The van der Waals surface area contributed by atoms with Gasteiger partial charge in [-0.2, -0.15) is 23.4 Å². The molecule has 3 aromatic heterocycles. The van der Waals surface area contributed by atoms with E-state index in [2.05, 4.69) is 25.0 Å². The van der Waals surface area contributed by atoms with Gasteiger partial charge in [-0.25, -0.2) is 4.68 Å². The Hall–Kier alpha value is -2.75. The second-order valence-corrected chi connectivity index (χ2v) is 5.50. The molecule has 0 aliphatic rings. The lowest BCUT2D eigenvalue weighted by Gasteiger charge is -2.08. The molecule has 0 aliphatic carbocycles. The molecule has 0 fully saturated rings. The van der Waals surface area contributed by atoms with Crippen molar-refractivity contribution in [2.24, 2.45) is 0 Å². The van der Waals surface area contributed by atoms with E-state index in [1.807, 2.05) is 0 Å². The molecule has 0 saturated heterocycles. The van der Waals surface area contributed by atoms with E-state index < -0.39 is 24.0 Å². The van der Waals surface area contributed by atoms with E-state index in [0.29, 0.717) is 5.69 Å². The molecule has 0 aliphatic heterocycles. The van der Waals surface area contributed by atoms with E-state index in [0.717, 1.165) is 16.9 Å². The smallest absolute Gasteiger partial charge is 0.351 e. The Balaban J connectivity index is 2.13. The minimum absolute atomic E-state index is 0.0761. The summed E-state index contributed by atoms with van der Waals surface area (Å²) in [6.45, 7) is 1.16. The van der Waals surface area contributed by atoms with Gasteiger partial charge in [0.05, 0.1) is 29.0 Å². The maximum atomic E-state index is 13.2. The molecule has 7 nitrogen and oxygen atoms in total. The van der Waals surface area contributed by atoms with Crippen molar-refractivity contribution in [1.29, 1.82) is 0 Å². The van der Waals surface area contributed by atoms with Gasteiger partial charge in [-0.1, -0.05) is 16.8 Å². The normalized spacial score (nSPS) is 11.7. The van der Waals surface area contributed by atoms with E-state index in [1.54, 1.807) is 13.0 Å². The molecule has 0 spiro atoms. The third kappa shape index (κ3) is 3.53. The zero-order chi connectivity index (χ0) is 18.2. The summed E-state index contributed by atoms with van der Waals surface area (Å²) < 4.78 is 44.9. The van der Waals surface area contributed by atoms with Gasteiger partial charge in [0.15, 0.2) is 0 Å². The second kappa shape index (κ2) is 6.28. The van der Waals surface area contributed by atoms with Crippen LogP contribution in [-0.4, -0.2) is 25.1 Å². The maximum Gasteiger partial charge on any atom is 0.452 e. The Labute approximate surface area is 143 Å². The molecule has 0 saturated carbocycles. The van der Waals surface area contributed by atoms with Gasteiger partial charge in [-0.15, -0.1) is 5.10 Å². The average Bonchev–Trinajstić information content (AvgIpc) is 2.95. The van der Waals surface area contributed by atoms with Crippen LogP contribution in [-0.2, 0) is 12.7 Å². The van der Waals surface area contributed by atoms with Crippen molar-refractivity contribution in [1.82, 2.24) is 25.1 Å². The minimum Gasteiger partial charge on any atom is -0.351 e. The van der Waals surface area contributed by atoms with Gasteiger partial charge in [0, 0.05) is 6.07 Å². The Bertz CT molecular complexity index is 966. The fourth-order valence-corrected chi connectivity index (χ4v) is 2.22. The van der Waals surface area contributed by atoms with E-state index >= 15 is 0 Å². The van der Waals surface area contributed by atoms with Crippen molar-refractivity contribution in [3.8, 4) is 11.4 Å². The van der Waals surface area contributed by atoms with Crippen LogP contribution in [0.2, 0.25) is 5.02 Å². The number of aryl methyl sites for hydroxylation is 1. The molecule has 0 atom stereocenters. The predicted molar refractivity (Wildman–Crippen MR) is 79.9 cm³/mol. The average molecular weight is 372 g/mol. The summed E-state index contributed by atoms with van der Waals surface area (Å²) in [6.07, 6.45) is -3.65. The monoisotopic (exact) mass is 371 g/mol. The van der Waals surface area contributed by atoms with Crippen LogP contribution in [0.15, 0.2) is 33.7 Å². The van der Waals surface area contributed by atoms with Gasteiger partial charge in [-0.05, 0) is 19.1 Å². The molecular weight excluding hydrogens is 363 g/mol. The lowest BCUT2D eigenvalue weighted by Crippen LogP contribution is -2.23. The van der Waals surface area contributed by atoms with Gasteiger partial charge in [0.2, 0.25) is 5.76 Å². The Morgan fingerprint density at radius 3 is 2.64 bits per heavy atom. The molecule has 11 heteroatoms. The second-order valence-electron chi connectivity index (χ2n) is 5.07. The van der Waals surface area contributed by atoms with Gasteiger partial charge >= 0.3 is 6.18 Å². The number of hydrogen-bond acceptors (Lipinski definition) is 6. The highest BCUT2D eigenvalue weighted by Crippen LogP contribution is 2.36. The van der Waals surface area contributed by atoms with Crippen molar-refractivity contribution in [2.45, 2.75) is 19.6 Å². The van der Waals surface area contributed by atoms with E-state index in [-0.39, 0.29) is 22.0 Å². The molecule has 25 heavy (non-hydrogen) atoms. The first-order valence-corrected chi connectivity index (χ1v) is 7.22. The van der Waals surface area contributed by atoms with Crippen LogP contribution in [0.1, 0.15) is 17.0 Å². The standard InChI is InChI=1S/C14H9ClF3N5O2/c1-7-2-3-10(21-20-7)12-9(13(25-22-12)14(16,17)18)6-23-11(24)4-8(15)5-19-23/h2-5H,6H2,1H3. The fourth-order valence-electron chi connectivity index (χ4n) is 2.09. The molecule has 0 amide bonds. The number of hydrogen-bond donors (Lipinski definition) is 0. The maximum absolute atomic E-state index is 13.2. The minimum atomic E-state index is -4.80. The number of halogens is 4. The van der Waals surface area contributed by atoms with Crippen molar-refractivity contribution in [3.63, 3.8) is 0 Å². The van der Waals surface area contributed by atoms with Crippen molar-refractivity contribution in [3.05, 3.63) is 56.8 Å². The highest BCUT2D eigenvalue weighted by Gasteiger charge is 2.41. The molecular formula is C14H9ClF3N5O2. The first-order valence-electron chi connectivity index (χ1n) is 6.85. The zero-order valence-corrected chi connectivity index (χ0v) is 13.3. The van der Waals surface area contributed by atoms with E-state index in [1.165, 1.54) is 6.07 Å². The lowest BCUT2D eigenvalue weighted by molar-refractivity contribution is -0.156. The third-order valence-electron chi connectivity index (χ3n) is 3.23. The topological polar surface area (TPSA) is 86.7 Å². The zero-order valence-electron chi connectivity index (χ0n) is 12.6. The van der Waals surface area contributed by atoms with Gasteiger partial charge in [0.1, 0.15) is 11.4 Å². The van der Waals surface area contributed by atoms with Crippen LogP contribution in [0.3, 0.4) is 0 Å². The SMILES string of the molecule is Cc1ccc(-c2noc(C(F)(F)F)c2Cn2ncc(Cl)cc2=O)nn1. The first kappa shape index (κ1) is 17.1. The molecule has 3 aromatic rings. The van der Waals surface area contributed by atoms with Crippen molar-refractivity contribution >= 4 is 11.6 Å². The molecule has 3 rings (SSSR count). The van der Waals surface area contributed by atoms with E-state index in [9.17, 15) is 18.0 Å². The Morgan fingerprint density at radius 2 is 2.04 bits per heavy atom. The molecule has 3 heterocycles. The summed E-state index contributed by atoms with van der Waals surface area (Å²) in [5.74, 6) is -1.33. The van der Waals surface area contributed by atoms with Crippen LogP contribution in [0.25, 0.3) is 11.4 Å². The van der Waals surface area contributed by atoms with E-state index in [4.69, 9.17) is 11.6 Å². The molecule has 0 radical (unpaired) electrons. The summed E-state index contributed by atoms with van der Waals surface area (Å²) in [5.41, 5.74) is -0.531. The fraction of sp³-hybridized carbons (Fsp3) is 0.214. The number of nitrogens with zero attached hydrogens (tertiary/aromatic N) is 5. The Morgan fingerprint density at radius 1 is 1.28 bits per heavy atom. The number of alkyl halides is 3. The molecule has 0 aromatic carbocycles. The summed E-state index contributed by atoms with van der Waals surface area (Å²) in [5, 5.41) is 14.9. The molecule has 130 valence electrons. The third-order valence-corrected chi connectivity index (χ3v) is 3.44. The van der Waals surface area contributed by atoms with Crippen LogP contribution in [0.5, 0.6) is 0 Å². The molecule has 0 N–H and O–H groups in total. The van der Waals surface area contributed by atoms with Gasteiger partial charge in [-0.3, -0.25) is 4.79 Å². The largest absolute Gasteiger partial charge is 0.452 e. The van der Waals surface area contributed by atoms with Crippen LogP contribution in [0, 0.1) is 6.92 Å². The molecule has 0 bridgehead atoms. The summed E-state index contributed by atoms with van der Waals surface area (Å²) in [7, 11) is 0. The van der Waals surface area contributed by atoms with Crippen molar-refractivity contribution in [2.75, 3.05) is 0 Å². The predicted octanol–water partition coefficient (Wildman–Crippen LogP) is 2.72. The highest BCUT2D eigenvalue weighted by molar-refractivity contribution is 6.30. The lowest BCUT2D eigenvalue weighted by atomic mass is 10.1. The summed E-state index contributed by atoms with van der Waals surface area (Å²) in [4.78, 5) is 11.9.